The number of nitrogens with zero attached hydrogens (tertiary/aromatic N) is 3. The smallest absolute Gasteiger partial charge is 0.277 e. The number of nitrogens with two attached hydrogens (primary N) is 1. The predicted octanol–water partition coefficient (Wildman–Crippen LogP) is 4.24. The third kappa shape index (κ3) is 2.85. The van der Waals surface area contributed by atoms with Crippen LogP contribution < -0.4 is 5.73 Å². The van der Waals surface area contributed by atoms with Crippen LogP contribution in [0, 0.1) is 13.8 Å². The van der Waals surface area contributed by atoms with Crippen molar-refractivity contribution in [3.8, 4) is 22.2 Å². The highest BCUT2D eigenvalue weighted by molar-refractivity contribution is 7.13. The third-order valence-corrected chi connectivity index (χ3v) is 5.33. The second-order valence-electron chi connectivity index (χ2n) is 6.29. The highest BCUT2D eigenvalue weighted by Gasteiger charge is 2.39. The van der Waals surface area contributed by atoms with Gasteiger partial charge in [0.25, 0.3) is 5.89 Å². The number of halogens is 1. The van der Waals surface area contributed by atoms with Gasteiger partial charge in [0.2, 0.25) is 0 Å². The lowest BCUT2D eigenvalue weighted by Crippen LogP contribution is -2.44. The lowest BCUT2D eigenvalue weighted by molar-refractivity contribution is 0.229. The van der Waals surface area contributed by atoms with Gasteiger partial charge in [-0.25, -0.2) is 4.98 Å². The Kier molecular flexibility index (Phi) is 4.46. The summed E-state index contributed by atoms with van der Waals surface area (Å²) in [5.74, 6) is 1.05. The summed E-state index contributed by atoms with van der Waals surface area (Å²) < 4.78 is 5.37. The van der Waals surface area contributed by atoms with Crippen LogP contribution in [0.15, 0.2) is 28.1 Å². The summed E-state index contributed by atoms with van der Waals surface area (Å²) in [5, 5.41) is 6.97. The molecule has 5 nitrogen and oxygen atoms in total. The van der Waals surface area contributed by atoms with Gasteiger partial charge in [-0.05, 0) is 38.7 Å². The molecule has 2 N–H and O–H groups in total. The number of thiazole rings is 1. The van der Waals surface area contributed by atoms with Crippen LogP contribution in [0.4, 0.5) is 0 Å². The van der Waals surface area contributed by atoms with Crippen molar-refractivity contribution in [2.24, 2.45) is 5.73 Å². The van der Waals surface area contributed by atoms with Crippen molar-refractivity contribution in [3.63, 3.8) is 0 Å². The average molecular weight is 363 g/mol. The molecule has 2 aromatic heterocycles. The fourth-order valence-electron chi connectivity index (χ4n) is 2.86. The molecule has 1 aliphatic carbocycles. The maximum atomic E-state index is 6.24. The molecule has 7 heteroatoms. The van der Waals surface area contributed by atoms with Gasteiger partial charge in [-0.2, -0.15) is 4.98 Å². The van der Waals surface area contributed by atoms with Gasteiger partial charge in [0.05, 0.1) is 5.54 Å². The molecule has 0 saturated heterocycles. The Labute approximate surface area is 150 Å². The summed E-state index contributed by atoms with van der Waals surface area (Å²) in [6.07, 6.45) is 2.95. The zero-order chi connectivity index (χ0) is 16.0. The van der Waals surface area contributed by atoms with E-state index < -0.39 is 5.54 Å². The molecule has 1 aromatic carbocycles. The van der Waals surface area contributed by atoms with Crippen molar-refractivity contribution < 1.29 is 4.52 Å². The largest absolute Gasteiger partial charge is 0.332 e. The Morgan fingerprint density at radius 3 is 2.67 bits per heavy atom. The van der Waals surface area contributed by atoms with Crippen molar-refractivity contribution in [3.05, 3.63) is 40.5 Å². The Balaban J connectivity index is 0.00000169. The molecule has 0 radical (unpaired) electrons. The number of rotatable bonds is 3. The van der Waals surface area contributed by atoms with E-state index in [2.05, 4.69) is 47.2 Å². The summed E-state index contributed by atoms with van der Waals surface area (Å²) in [7, 11) is 0. The summed E-state index contributed by atoms with van der Waals surface area (Å²) in [6, 6.07) is 6.37. The van der Waals surface area contributed by atoms with E-state index >= 15 is 0 Å². The Morgan fingerprint density at radius 1 is 1.21 bits per heavy atom. The molecule has 4 rings (SSSR count). The summed E-state index contributed by atoms with van der Waals surface area (Å²) >= 11 is 1.58. The first-order valence-corrected chi connectivity index (χ1v) is 8.60. The number of aryl methyl sites for hydroxylation is 2. The van der Waals surface area contributed by atoms with E-state index in [4.69, 9.17) is 10.3 Å². The van der Waals surface area contributed by atoms with Crippen molar-refractivity contribution >= 4 is 23.7 Å². The quantitative estimate of drug-likeness (QED) is 0.754. The van der Waals surface area contributed by atoms with Crippen LogP contribution in [0.1, 0.15) is 36.2 Å². The van der Waals surface area contributed by atoms with Crippen molar-refractivity contribution in [1.82, 2.24) is 15.1 Å². The van der Waals surface area contributed by atoms with Crippen molar-refractivity contribution in [1.29, 1.82) is 0 Å². The molecule has 0 aliphatic heterocycles. The first-order chi connectivity index (χ1) is 11.0. The summed E-state index contributed by atoms with van der Waals surface area (Å²) in [6.45, 7) is 4.19. The van der Waals surface area contributed by atoms with Crippen LogP contribution in [-0.2, 0) is 5.54 Å². The normalized spacial score (nSPS) is 15.6. The van der Waals surface area contributed by atoms with Gasteiger partial charge >= 0.3 is 0 Å². The molecule has 1 aliphatic rings. The monoisotopic (exact) mass is 362 g/mol. The highest BCUT2D eigenvalue weighted by Crippen LogP contribution is 2.38. The Morgan fingerprint density at radius 2 is 2.00 bits per heavy atom. The molecule has 3 aromatic rings. The van der Waals surface area contributed by atoms with Gasteiger partial charge < -0.3 is 10.3 Å². The van der Waals surface area contributed by atoms with E-state index in [9.17, 15) is 0 Å². The number of aromatic nitrogens is 3. The minimum Gasteiger partial charge on any atom is -0.332 e. The molecule has 1 fully saturated rings. The predicted molar refractivity (Wildman–Crippen MR) is 97.3 cm³/mol. The molecule has 126 valence electrons. The van der Waals surface area contributed by atoms with Crippen LogP contribution >= 0.6 is 23.7 Å². The topological polar surface area (TPSA) is 77.8 Å². The lowest BCUT2D eigenvalue weighted by Gasteiger charge is -2.34. The fourth-order valence-corrected chi connectivity index (χ4v) is 3.74. The maximum Gasteiger partial charge on any atom is 0.277 e. The van der Waals surface area contributed by atoms with Crippen LogP contribution in [0.3, 0.4) is 0 Å². The Bertz CT molecular complexity index is 869. The molecule has 0 amide bonds. The molecule has 24 heavy (non-hydrogen) atoms. The molecule has 0 atom stereocenters. The third-order valence-electron chi connectivity index (χ3n) is 4.45. The van der Waals surface area contributed by atoms with E-state index in [1.54, 1.807) is 11.3 Å². The maximum absolute atomic E-state index is 6.24. The van der Waals surface area contributed by atoms with Crippen LogP contribution in [0.5, 0.6) is 0 Å². The lowest BCUT2D eigenvalue weighted by atomic mass is 9.77. The fraction of sp³-hybridized carbons (Fsp3) is 0.353. The van der Waals surface area contributed by atoms with Gasteiger partial charge in [-0.15, -0.1) is 23.7 Å². The first kappa shape index (κ1) is 17.1. The number of hydrogen-bond donors (Lipinski definition) is 1. The second-order valence-corrected chi connectivity index (χ2v) is 7.15. The molecule has 0 bridgehead atoms. The summed E-state index contributed by atoms with van der Waals surface area (Å²) in [5.41, 5.74) is 10.2. The van der Waals surface area contributed by atoms with Gasteiger partial charge in [0, 0.05) is 10.9 Å². The average Bonchev–Trinajstić information content (AvgIpc) is 3.13. The van der Waals surface area contributed by atoms with E-state index in [0.717, 1.165) is 29.8 Å². The van der Waals surface area contributed by atoms with Gasteiger partial charge in [0.15, 0.2) is 5.82 Å². The van der Waals surface area contributed by atoms with E-state index in [1.165, 1.54) is 11.1 Å². The zero-order valence-corrected chi connectivity index (χ0v) is 15.2. The van der Waals surface area contributed by atoms with Crippen LogP contribution in [-0.4, -0.2) is 15.1 Å². The highest BCUT2D eigenvalue weighted by atomic mass is 35.5. The number of benzene rings is 1. The standard InChI is InChI=1S/C17H18N4OS.ClH/c1-10-4-5-12(11(2)8-10)15-19-13(9-23-15)14-20-16(21-22-14)17(18)6-3-7-17;/h4-5,8-9H,3,6-7,18H2,1-2H3;1H. The van der Waals surface area contributed by atoms with E-state index in [0.29, 0.717) is 17.4 Å². The van der Waals surface area contributed by atoms with Gasteiger partial charge in [-0.3, -0.25) is 0 Å². The van der Waals surface area contributed by atoms with Gasteiger partial charge in [-0.1, -0.05) is 28.9 Å². The molecule has 0 unspecified atom stereocenters. The zero-order valence-electron chi connectivity index (χ0n) is 13.6. The van der Waals surface area contributed by atoms with Gasteiger partial charge in [0.1, 0.15) is 10.7 Å². The van der Waals surface area contributed by atoms with Crippen LogP contribution in [0.25, 0.3) is 22.2 Å². The van der Waals surface area contributed by atoms with E-state index in [-0.39, 0.29) is 12.4 Å². The molecular weight excluding hydrogens is 344 g/mol. The second kappa shape index (κ2) is 6.27. The molecular formula is C17H19ClN4OS. The minimum absolute atomic E-state index is 0. The SMILES string of the molecule is Cc1ccc(-c2nc(-c3nc(C4(N)CCC4)no3)cs2)c(C)c1.Cl. The summed E-state index contributed by atoms with van der Waals surface area (Å²) in [4.78, 5) is 9.12. The molecule has 1 saturated carbocycles. The first-order valence-electron chi connectivity index (χ1n) is 7.72. The minimum atomic E-state index is -0.409. The van der Waals surface area contributed by atoms with Crippen LogP contribution in [0.2, 0.25) is 0 Å². The molecule has 2 heterocycles. The van der Waals surface area contributed by atoms with E-state index in [1.807, 2.05) is 5.38 Å². The Hall–Kier alpha value is -1.76. The van der Waals surface area contributed by atoms with Crippen molar-refractivity contribution in [2.75, 3.05) is 0 Å². The van der Waals surface area contributed by atoms with Crippen molar-refractivity contribution in [2.45, 2.75) is 38.6 Å². The number of hydrogen-bond acceptors (Lipinski definition) is 6. The molecule has 0 spiro atoms.